The van der Waals surface area contributed by atoms with Crippen molar-refractivity contribution >= 4 is 46.7 Å². The van der Waals surface area contributed by atoms with E-state index in [0.717, 1.165) is 0 Å². The van der Waals surface area contributed by atoms with E-state index in [4.69, 9.17) is 11.6 Å². The van der Waals surface area contributed by atoms with E-state index in [1.165, 1.54) is 23.9 Å². The number of aromatic carboxylic acids is 1. The molecule has 30 heavy (non-hydrogen) atoms. The third kappa shape index (κ3) is 3.37. The summed E-state index contributed by atoms with van der Waals surface area (Å²) >= 11 is 8.00. The van der Waals surface area contributed by atoms with Crippen molar-refractivity contribution in [2.24, 2.45) is 5.92 Å². The molecule has 4 rings (SSSR count). The lowest BCUT2D eigenvalue weighted by molar-refractivity contribution is -0.387. The van der Waals surface area contributed by atoms with Crippen molar-refractivity contribution in [2.45, 2.75) is 33.9 Å². The smallest absolute Gasteiger partial charge is 0.282 e. The summed E-state index contributed by atoms with van der Waals surface area (Å²) in [6, 6.07) is 9.77. The van der Waals surface area contributed by atoms with Gasteiger partial charge in [0.25, 0.3) is 5.69 Å². The number of hydrogen-bond acceptors (Lipinski definition) is 8. The summed E-state index contributed by atoms with van der Waals surface area (Å²) in [7, 11) is 0. The number of thioether (sulfide) groups is 1. The van der Waals surface area contributed by atoms with Gasteiger partial charge in [-0.1, -0.05) is 30.3 Å². The van der Waals surface area contributed by atoms with Gasteiger partial charge in [-0.2, -0.15) is 0 Å². The van der Waals surface area contributed by atoms with E-state index in [1.54, 1.807) is 30.3 Å². The second-order valence-electron chi connectivity index (χ2n) is 7.25. The highest BCUT2D eigenvalue weighted by Gasteiger charge is 2.50. The van der Waals surface area contributed by atoms with E-state index < -0.39 is 40.1 Å². The molecule has 0 radical (unpaired) electrons. The van der Waals surface area contributed by atoms with Crippen molar-refractivity contribution < 1.29 is 24.7 Å². The number of nitro groups is 1. The second kappa shape index (κ2) is 7.81. The highest BCUT2D eigenvalue weighted by Crippen LogP contribution is 2.55. The van der Waals surface area contributed by atoms with Gasteiger partial charge in [0.1, 0.15) is 0 Å². The van der Waals surface area contributed by atoms with Crippen LogP contribution < -0.4 is 15.5 Å². The van der Waals surface area contributed by atoms with Gasteiger partial charge in [-0.25, -0.2) is 0 Å². The van der Waals surface area contributed by atoms with Crippen LogP contribution in [0.15, 0.2) is 47.4 Å². The molecule has 0 amide bonds. The van der Waals surface area contributed by atoms with E-state index in [0.29, 0.717) is 16.9 Å². The summed E-state index contributed by atoms with van der Waals surface area (Å²) < 4.78 is 0. The number of carboxylic acids is 2. The van der Waals surface area contributed by atoms with Crippen LogP contribution in [-0.4, -0.2) is 33.5 Å². The summed E-state index contributed by atoms with van der Waals surface area (Å²) in [6.07, 6.45) is 0.371. The Balaban J connectivity index is 1.73. The quantitative estimate of drug-likeness (QED) is 0.413. The molecule has 0 aromatic heterocycles. The van der Waals surface area contributed by atoms with Crippen LogP contribution in [0.3, 0.4) is 0 Å². The lowest BCUT2D eigenvalue weighted by atomic mass is 9.78. The first-order chi connectivity index (χ1) is 14.3. The van der Waals surface area contributed by atoms with Crippen molar-refractivity contribution in [3.8, 4) is 0 Å². The third-order valence-electron chi connectivity index (χ3n) is 5.66. The van der Waals surface area contributed by atoms with Crippen molar-refractivity contribution in [3.05, 3.63) is 63.7 Å². The van der Waals surface area contributed by atoms with Gasteiger partial charge < -0.3 is 25.1 Å². The van der Waals surface area contributed by atoms with Gasteiger partial charge in [-0.05, 0) is 24.0 Å². The SMILES string of the molecule is O=C([O-])c1cccc2c1N[C@H](C(=O)[O-])[C@H]1C[C@H](Sc3ccccc3[N+](=O)[O-])[C@@H](Cl)[C@@H]21. The average Bonchev–Trinajstić information content (AvgIpc) is 3.03. The maximum absolute atomic E-state index is 11.8. The standard InChI is InChI=1S/C20H17ClN2O6S/c21-16-14(30-13-7-2-1-6-12(13)23(28)29)8-11-15(16)9-4-3-5-10(19(24)25)17(9)22-18(11)20(26)27/h1-7,11,14-16,18,22H,8H2,(H,24,25)(H,26,27)/p-2/t11-,14-,15-,16+,18-/m0/s1. The molecule has 0 bridgehead atoms. The molecule has 1 aliphatic heterocycles. The van der Waals surface area contributed by atoms with E-state index in [2.05, 4.69) is 5.32 Å². The van der Waals surface area contributed by atoms with Crippen molar-refractivity contribution in [3.63, 3.8) is 0 Å². The molecule has 10 heteroatoms. The van der Waals surface area contributed by atoms with Crippen LogP contribution in [0, 0.1) is 16.0 Å². The first-order valence-corrected chi connectivity index (χ1v) is 10.5. The highest BCUT2D eigenvalue weighted by atomic mass is 35.5. The molecule has 2 aromatic rings. The van der Waals surface area contributed by atoms with Crippen molar-refractivity contribution in [1.82, 2.24) is 0 Å². The molecular formula is C20H15ClN2O6S-2. The number of nitro benzene ring substituents is 1. The molecule has 1 aliphatic carbocycles. The molecule has 1 saturated carbocycles. The number of benzene rings is 2. The number of nitrogens with one attached hydrogen (secondary N) is 1. The minimum absolute atomic E-state index is 0.0459. The van der Waals surface area contributed by atoms with Gasteiger partial charge in [0.15, 0.2) is 0 Å². The zero-order valence-corrected chi connectivity index (χ0v) is 16.9. The van der Waals surface area contributed by atoms with Gasteiger partial charge in [-0.15, -0.1) is 23.4 Å². The summed E-state index contributed by atoms with van der Waals surface area (Å²) in [5.41, 5.74) is 0.589. The van der Waals surface area contributed by atoms with E-state index in [9.17, 15) is 29.9 Å². The maximum atomic E-state index is 11.8. The first kappa shape index (κ1) is 20.5. The Hall–Kier alpha value is -2.78. The number of nitrogens with zero attached hydrogens (tertiary/aromatic N) is 1. The van der Waals surface area contributed by atoms with Gasteiger partial charge in [0.2, 0.25) is 0 Å². The Labute approximate surface area is 180 Å². The topological polar surface area (TPSA) is 135 Å². The van der Waals surface area contributed by atoms with Crippen molar-refractivity contribution in [2.75, 3.05) is 5.32 Å². The van der Waals surface area contributed by atoms with E-state index >= 15 is 0 Å². The number of para-hydroxylation sites is 2. The first-order valence-electron chi connectivity index (χ1n) is 9.15. The maximum Gasteiger partial charge on any atom is 0.282 e. The number of alkyl halides is 1. The Morgan fingerprint density at radius 1 is 1.13 bits per heavy atom. The lowest BCUT2D eigenvalue weighted by Gasteiger charge is -2.39. The molecule has 156 valence electrons. The molecule has 1 N–H and O–H groups in total. The fraction of sp³-hybridized carbons (Fsp3) is 0.300. The number of rotatable bonds is 5. The summed E-state index contributed by atoms with van der Waals surface area (Å²) in [6.45, 7) is 0. The van der Waals surface area contributed by atoms with Crippen LogP contribution in [0.4, 0.5) is 11.4 Å². The summed E-state index contributed by atoms with van der Waals surface area (Å²) in [4.78, 5) is 34.6. The largest absolute Gasteiger partial charge is 0.548 e. The molecular weight excluding hydrogens is 432 g/mol. The molecule has 1 fully saturated rings. The minimum Gasteiger partial charge on any atom is -0.548 e. The normalized spacial score (nSPS) is 26.9. The fourth-order valence-corrected chi connectivity index (χ4v) is 6.36. The van der Waals surface area contributed by atoms with Gasteiger partial charge in [-0.3, -0.25) is 10.1 Å². The third-order valence-corrected chi connectivity index (χ3v) is 7.77. The summed E-state index contributed by atoms with van der Waals surface area (Å²) in [5.74, 6) is -3.69. The second-order valence-corrected chi connectivity index (χ2v) is 9.03. The predicted molar refractivity (Wildman–Crippen MR) is 106 cm³/mol. The lowest BCUT2D eigenvalue weighted by Crippen LogP contribution is -2.49. The van der Waals surface area contributed by atoms with Crippen LogP contribution in [0.1, 0.15) is 28.3 Å². The number of carbonyl (C=O) groups excluding carboxylic acids is 2. The zero-order valence-electron chi connectivity index (χ0n) is 15.3. The van der Waals surface area contributed by atoms with Crippen LogP contribution in [0.5, 0.6) is 0 Å². The Kier molecular flexibility index (Phi) is 5.33. The molecule has 0 saturated heterocycles. The Morgan fingerprint density at radius 2 is 1.87 bits per heavy atom. The van der Waals surface area contributed by atoms with Crippen LogP contribution in [0.25, 0.3) is 0 Å². The molecule has 8 nitrogen and oxygen atoms in total. The van der Waals surface area contributed by atoms with Crippen LogP contribution in [-0.2, 0) is 4.79 Å². The van der Waals surface area contributed by atoms with E-state index in [1.807, 2.05) is 0 Å². The van der Waals surface area contributed by atoms with Crippen molar-refractivity contribution in [1.29, 1.82) is 0 Å². The zero-order chi connectivity index (χ0) is 21.6. The molecule has 2 aromatic carbocycles. The van der Waals surface area contributed by atoms with Gasteiger partial charge in [0, 0.05) is 28.5 Å². The highest BCUT2D eigenvalue weighted by molar-refractivity contribution is 8.00. The molecule has 0 unspecified atom stereocenters. The number of hydrogen-bond donors (Lipinski definition) is 1. The number of carbonyl (C=O) groups is 2. The number of anilines is 1. The predicted octanol–water partition coefficient (Wildman–Crippen LogP) is 1.37. The molecule has 1 heterocycles. The fourth-order valence-electron chi connectivity index (χ4n) is 4.42. The van der Waals surface area contributed by atoms with Crippen LogP contribution in [0.2, 0.25) is 0 Å². The van der Waals surface area contributed by atoms with Gasteiger partial charge >= 0.3 is 0 Å². The molecule has 5 atom stereocenters. The molecule has 0 spiro atoms. The monoisotopic (exact) mass is 446 g/mol. The number of aliphatic carboxylic acids is 1. The molecule has 2 aliphatic rings. The average molecular weight is 447 g/mol. The Morgan fingerprint density at radius 3 is 2.53 bits per heavy atom. The van der Waals surface area contributed by atoms with Crippen LogP contribution >= 0.6 is 23.4 Å². The number of halogens is 1. The number of carboxylic acid groups (broad SMARTS) is 2. The van der Waals surface area contributed by atoms with Gasteiger partial charge in [0.05, 0.1) is 33.2 Å². The Bertz CT molecular complexity index is 1050. The number of fused-ring (bicyclic) bond motifs is 3. The summed E-state index contributed by atoms with van der Waals surface area (Å²) in [5, 5.41) is 36.6. The van der Waals surface area contributed by atoms with E-state index in [-0.39, 0.29) is 22.2 Å². The minimum atomic E-state index is -1.43.